The van der Waals surface area contributed by atoms with E-state index in [0.717, 1.165) is 0 Å². The molecule has 0 saturated carbocycles. The topological polar surface area (TPSA) is 93.1 Å². The molecule has 1 fully saturated rings. The van der Waals surface area contributed by atoms with E-state index in [9.17, 15) is 14.4 Å². The van der Waals surface area contributed by atoms with Gasteiger partial charge in [-0.25, -0.2) is 9.59 Å². The molecule has 21 heavy (non-hydrogen) atoms. The van der Waals surface area contributed by atoms with Gasteiger partial charge in [0.2, 0.25) is 0 Å². The lowest BCUT2D eigenvalue weighted by atomic mass is 10.1. The number of esters is 1. The third-order valence-corrected chi connectivity index (χ3v) is 3.24. The molecule has 1 unspecified atom stereocenters. The summed E-state index contributed by atoms with van der Waals surface area (Å²) in [6.45, 7) is 0.706. The molecule has 1 heterocycles. The number of hydrogen-bond donors (Lipinski definition) is 1. The van der Waals surface area contributed by atoms with E-state index in [1.54, 1.807) is 0 Å². The summed E-state index contributed by atoms with van der Waals surface area (Å²) in [6, 6.07) is 4.77. The number of methoxy groups -OCH3 is 1. The normalized spacial score (nSPS) is 18.1. The monoisotopic (exact) mass is 293 g/mol. The molecule has 1 N–H and O–H groups in total. The number of carbonyl (C=O) groups is 3. The zero-order valence-corrected chi connectivity index (χ0v) is 11.4. The minimum atomic E-state index is -1.06. The first kappa shape index (κ1) is 15.0. The molecule has 1 atom stereocenters. The molecule has 0 spiro atoms. The van der Waals surface area contributed by atoms with Gasteiger partial charge in [0, 0.05) is 12.1 Å². The van der Waals surface area contributed by atoms with Crippen LogP contribution in [0.25, 0.3) is 0 Å². The summed E-state index contributed by atoms with van der Waals surface area (Å²) in [5.74, 6) is -1.95. The van der Waals surface area contributed by atoms with Crippen molar-refractivity contribution >= 4 is 17.8 Å². The van der Waals surface area contributed by atoms with Crippen LogP contribution in [-0.4, -0.2) is 60.8 Å². The van der Waals surface area contributed by atoms with Crippen molar-refractivity contribution in [3.05, 3.63) is 35.4 Å². The number of rotatable bonds is 3. The number of nitrogens with zero attached hydrogens (tertiary/aromatic N) is 1. The van der Waals surface area contributed by atoms with Gasteiger partial charge in [0.25, 0.3) is 5.91 Å². The van der Waals surface area contributed by atoms with Crippen LogP contribution in [0, 0.1) is 0 Å². The quantitative estimate of drug-likeness (QED) is 0.811. The summed E-state index contributed by atoms with van der Waals surface area (Å²) in [4.78, 5) is 36.3. The summed E-state index contributed by atoms with van der Waals surface area (Å²) in [7, 11) is 1.25. The first-order valence-corrected chi connectivity index (χ1v) is 6.34. The third kappa shape index (κ3) is 3.19. The lowest BCUT2D eigenvalue weighted by molar-refractivity contribution is -0.151. The molecule has 1 aromatic carbocycles. The van der Waals surface area contributed by atoms with Gasteiger partial charge in [0.15, 0.2) is 6.04 Å². The lowest BCUT2D eigenvalue weighted by Crippen LogP contribution is -2.53. The van der Waals surface area contributed by atoms with Crippen LogP contribution in [0.15, 0.2) is 24.3 Å². The second-order valence-corrected chi connectivity index (χ2v) is 4.49. The van der Waals surface area contributed by atoms with E-state index in [1.165, 1.54) is 36.3 Å². The number of carbonyl (C=O) groups excluding carboxylic acids is 2. The second kappa shape index (κ2) is 6.36. The molecule has 0 radical (unpaired) electrons. The van der Waals surface area contributed by atoms with Crippen molar-refractivity contribution < 1.29 is 29.0 Å². The Morgan fingerprint density at radius 3 is 2.43 bits per heavy atom. The zero-order valence-electron chi connectivity index (χ0n) is 11.4. The predicted octanol–water partition coefficient (Wildman–Crippen LogP) is 0.399. The van der Waals surface area contributed by atoms with E-state index in [0.29, 0.717) is 12.2 Å². The Kier molecular flexibility index (Phi) is 4.54. The van der Waals surface area contributed by atoms with Crippen LogP contribution in [0.4, 0.5) is 0 Å². The van der Waals surface area contributed by atoms with Gasteiger partial charge in [-0.1, -0.05) is 0 Å². The average Bonchev–Trinajstić information content (AvgIpc) is 2.53. The van der Waals surface area contributed by atoms with Crippen LogP contribution in [0.2, 0.25) is 0 Å². The van der Waals surface area contributed by atoms with E-state index in [2.05, 4.69) is 4.74 Å². The van der Waals surface area contributed by atoms with E-state index in [1.807, 2.05) is 0 Å². The van der Waals surface area contributed by atoms with Crippen LogP contribution < -0.4 is 0 Å². The third-order valence-electron chi connectivity index (χ3n) is 3.24. The number of carboxylic acid groups (broad SMARTS) is 1. The fourth-order valence-corrected chi connectivity index (χ4v) is 2.10. The van der Waals surface area contributed by atoms with Crippen molar-refractivity contribution in [1.82, 2.24) is 4.90 Å². The number of carboxylic acids is 1. The molecule has 1 saturated heterocycles. The first-order valence-electron chi connectivity index (χ1n) is 6.34. The van der Waals surface area contributed by atoms with Crippen molar-refractivity contribution in [3.8, 4) is 0 Å². The van der Waals surface area contributed by atoms with Crippen LogP contribution in [0.5, 0.6) is 0 Å². The van der Waals surface area contributed by atoms with Gasteiger partial charge in [-0.05, 0) is 24.3 Å². The highest BCUT2D eigenvalue weighted by Crippen LogP contribution is 2.14. The maximum absolute atomic E-state index is 12.4. The highest BCUT2D eigenvalue weighted by molar-refractivity contribution is 5.98. The van der Waals surface area contributed by atoms with E-state index in [4.69, 9.17) is 9.84 Å². The minimum absolute atomic E-state index is 0.0889. The van der Waals surface area contributed by atoms with E-state index in [-0.39, 0.29) is 24.6 Å². The molecule has 7 heteroatoms. The van der Waals surface area contributed by atoms with Crippen molar-refractivity contribution in [1.29, 1.82) is 0 Å². The molecular weight excluding hydrogens is 278 g/mol. The summed E-state index contributed by atoms with van der Waals surface area (Å²) in [5, 5.41) is 8.84. The van der Waals surface area contributed by atoms with Crippen molar-refractivity contribution in [3.63, 3.8) is 0 Å². The number of hydrogen-bond acceptors (Lipinski definition) is 5. The van der Waals surface area contributed by atoms with Gasteiger partial charge in [0.05, 0.1) is 25.9 Å². The molecule has 7 nitrogen and oxygen atoms in total. The van der Waals surface area contributed by atoms with Gasteiger partial charge in [-0.2, -0.15) is 0 Å². The molecule has 1 aromatic rings. The first-order chi connectivity index (χ1) is 10.0. The molecule has 1 amide bonds. The second-order valence-electron chi connectivity index (χ2n) is 4.49. The number of benzene rings is 1. The predicted molar refractivity (Wildman–Crippen MR) is 71.1 cm³/mol. The Labute approximate surface area is 121 Å². The van der Waals surface area contributed by atoms with E-state index >= 15 is 0 Å². The van der Waals surface area contributed by atoms with Crippen LogP contribution in [0.1, 0.15) is 20.7 Å². The molecular formula is C14H15NO6. The Hall–Kier alpha value is -2.41. The van der Waals surface area contributed by atoms with Gasteiger partial charge in [-0.3, -0.25) is 4.79 Å². The highest BCUT2D eigenvalue weighted by Gasteiger charge is 2.34. The summed E-state index contributed by atoms with van der Waals surface area (Å²) >= 11 is 0. The highest BCUT2D eigenvalue weighted by atomic mass is 16.5. The Morgan fingerprint density at radius 2 is 1.86 bits per heavy atom. The SMILES string of the molecule is COC(=O)C1COCCN1C(=O)c1ccc(C(=O)O)cc1. The van der Waals surface area contributed by atoms with Gasteiger partial charge in [-0.15, -0.1) is 0 Å². The van der Waals surface area contributed by atoms with Gasteiger partial charge >= 0.3 is 11.9 Å². The number of aromatic carboxylic acids is 1. The maximum Gasteiger partial charge on any atom is 0.335 e. The van der Waals surface area contributed by atoms with Crippen molar-refractivity contribution in [2.75, 3.05) is 26.9 Å². The maximum atomic E-state index is 12.4. The molecule has 1 aliphatic heterocycles. The fourth-order valence-electron chi connectivity index (χ4n) is 2.10. The lowest BCUT2D eigenvalue weighted by Gasteiger charge is -2.33. The largest absolute Gasteiger partial charge is 0.478 e. The standard InChI is InChI=1S/C14H15NO6/c1-20-14(19)11-8-21-7-6-15(11)12(16)9-2-4-10(5-3-9)13(17)18/h2-5,11H,6-8H2,1H3,(H,17,18). The van der Waals surface area contributed by atoms with Gasteiger partial charge in [0.1, 0.15) is 0 Å². The molecule has 112 valence electrons. The average molecular weight is 293 g/mol. The minimum Gasteiger partial charge on any atom is -0.478 e. The smallest absolute Gasteiger partial charge is 0.335 e. The Balaban J connectivity index is 2.20. The van der Waals surface area contributed by atoms with Crippen LogP contribution in [0.3, 0.4) is 0 Å². The van der Waals surface area contributed by atoms with Crippen molar-refractivity contribution in [2.45, 2.75) is 6.04 Å². The van der Waals surface area contributed by atoms with Gasteiger partial charge < -0.3 is 19.5 Å². The fraction of sp³-hybridized carbons (Fsp3) is 0.357. The summed E-state index contributed by atoms with van der Waals surface area (Å²) in [6.07, 6.45) is 0. The van der Waals surface area contributed by atoms with E-state index < -0.39 is 18.0 Å². The zero-order chi connectivity index (χ0) is 15.4. The molecule has 0 aliphatic carbocycles. The number of ether oxygens (including phenoxy) is 2. The molecule has 1 aliphatic rings. The van der Waals surface area contributed by atoms with Crippen LogP contribution in [-0.2, 0) is 14.3 Å². The number of morpholine rings is 1. The molecule has 0 bridgehead atoms. The summed E-state index contributed by atoms with van der Waals surface area (Å²) < 4.78 is 9.87. The molecule has 0 aromatic heterocycles. The van der Waals surface area contributed by atoms with Crippen molar-refractivity contribution in [2.24, 2.45) is 0 Å². The molecule has 2 rings (SSSR count). The summed E-state index contributed by atoms with van der Waals surface area (Å²) in [5.41, 5.74) is 0.411. The Bertz CT molecular complexity index is 553. The Morgan fingerprint density at radius 1 is 1.24 bits per heavy atom. The van der Waals surface area contributed by atoms with Crippen LogP contribution >= 0.6 is 0 Å². The number of amides is 1.